The van der Waals surface area contributed by atoms with Crippen molar-refractivity contribution in [2.75, 3.05) is 0 Å². The molecule has 0 saturated carbocycles. The number of hydrogen-bond donors (Lipinski definition) is 1. The average Bonchev–Trinajstić information content (AvgIpc) is 3.03. The largest absolute Gasteiger partial charge is 0.493 e. The van der Waals surface area contributed by atoms with E-state index in [4.69, 9.17) is 12.2 Å². The van der Waals surface area contributed by atoms with Crippen molar-refractivity contribution in [3.8, 4) is 11.6 Å². The Morgan fingerprint density at radius 2 is 1.74 bits per heavy atom. The Morgan fingerprint density at radius 3 is 2.52 bits per heavy atom. The number of carbonyl (C=O) groups excluding carboxylic acids is 1. The van der Waals surface area contributed by atoms with Gasteiger partial charge in [0, 0.05) is 5.22 Å². The molecule has 3 aromatic rings. The quantitative estimate of drug-likeness (QED) is 0.730. The minimum absolute atomic E-state index is 0.0264. The molecular formula is C17H10N2O2S2. The number of thiazole rings is 1. The van der Waals surface area contributed by atoms with Gasteiger partial charge >= 0.3 is 0 Å². The lowest BCUT2D eigenvalue weighted by Crippen LogP contribution is -2.22. The predicted octanol–water partition coefficient (Wildman–Crippen LogP) is 2.33. The van der Waals surface area contributed by atoms with Gasteiger partial charge in [-0.15, -0.1) is 11.3 Å². The van der Waals surface area contributed by atoms with Gasteiger partial charge in [0.2, 0.25) is 5.88 Å². The zero-order valence-electron chi connectivity index (χ0n) is 11.8. The van der Waals surface area contributed by atoms with Crippen LogP contribution in [0.1, 0.15) is 4.88 Å². The standard InChI is InChI=1S/C17H10N2O2S2/c20-15-13(11-8-4-5-9-12(11)18-15)14-16(21)19(17(22)23-14)10-6-2-1-3-7-10/h1-9,21H. The van der Waals surface area contributed by atoms with Crippen LogP contribution in [-0.4, -0.2) is 15.6 Å². The fraction of sp³-hybridized carbons (Fsp3) is 0. The maximum atomic E-state index is 12.3. The van der Waals surface area contributed by atoms with Crippen molar-refractivity contribution in [1.29, 1.82) is 0 Å². The molecule has 23 heavy (non-hydrogen) atoms. The van der Waals surface area contributed by atoms with Crippen LogP contribution in [0.2, 0.25) is 0 Å². The minimum atomic E-state index is -0.349. The topological polar surface area (TPSA) is 54.6 Å². The second kappa shape index (κ2) is 5.26. The van der Waals surface area contributed by atoms with Crippen LogP contribution in [0.5, 0.6) is 5.88 Å². The molecule has 1 N–H and O–H groups in total. The first-order chi connectivity index (χ1) is 11.2. The monoisotopic (exact) mass is 338 g/mol. The molecule has 4 rings (SSSR count). The number of fused-ring (bicyclic) bond motifs is 1. The first-order valence-electron chi connectivity index (χ1n) is 6.90. The molecule has 0 radical (unpaired) electrons. The number of rotatable bonds is 2. The molecule has 112 valence electrons. The molecule has 1 aliphatic rings. The summed E-state index contributed by atoms with van der Waals surface area (Å²) in [5, 5.41) is 12.0. The molecule has 4 nitrogen and oxygen atoms in total. The van der Waals surface area contributed by atoms with Crippen molar-refractivity contribution in [3.63, 3.8) is 0 Å². The molecule has 6 heteroatoms. The van der Waals surface area contributed by atoms with Gasteiger partial charge in [0.1, 0.15) is 4.88 Å². The molecule has 2 aromatic carbocycles. The lowest BCUT2D eigenvalue weighted by atomic mass is 10.1. The molecule has 1 aliphatic heterocycles. The third kappa shape index (κ3) is 2.15. The summed E-state index contributed by atoms with van der Waals surface area (Å²) in [5.74, 6) is -0.376. The number of nitrogens with zero attached hydrogens (tertiary/aromatic N) is 2. The van der Waals surface area contributed by atoms with E-state index in [0.29, 0.717) is 19.8 Å². The highest BCUT2D eigenvalue weighted by molar-refractivity contribution is 7.73. The number of benzene rings is 2. The molecule has 0 atom stereocenters. The van der Waals surface area contributed by atoms with Gasteiger partial charge in [0.05, 0.1) is 16.6 Å². The highest BCUT2D eigenvalue weighted by atomic mass is 32.1. The summed E-state index contributed by atoms with van der Waals surface area (Å²) < 4.78 is 2.05. The first-order valence-corrected chi connectivity index (χ1v) is 8.12. The van der Waals surface area contributed by atoms with Crippen molar-refractivity contribution >= 4 is 35.0 Å². The highest BCUT2D eigenvalue weighted by Crippen LogP contribution is 2.34. The van der Waals surface area contributed by atoms with Crippen LogP contribution >= 0.6 is 23.6 Å². The smallest absolute Gasteiger partial charge is 0.279 e. The summed E-state index contributed by atoms with van der Waals surface area (Å²) in [5.41, 5.74) is 1.16. The van der Waals surface area contributed by atoms with Crippen LogP contribution in [-0.2, 0) is 4.79 Å². The molecule has 0 aliphatic carbocycles. The minimum Gasteiger partial charge on any atom is -0.493 e. The van der Waals surface area contributed by atoms with Gasteiger partial charge in [-0.2, -0.15) is 0 Å². The van der Waals surface area contributed by atoms with E-state index in [0.717, 1.165) is 10.9 Å². The molecule has 2 heterocycles. The third-order valence-corrected chi connectivity index (χ3v) is 5.02. The van der Waals surface area contributed by atoms with E-state index in [1.54, 1.807) is 10.6 Å². The molecule has 1 amide bonds. The van der Waals surface area contributed by atoms with Crippen LogP contribution in [0.25, 0.3) is 11.3 Å². The van der Waals surface area contributed by atoms with Gasteiger partial charge in [-0.05, 0) is 30.4 Å². The molecule has 0 bridgehead atoms. The van der Waals surface area contributed by atoms with Gasteiger partial charge in [-0.25, -0.2) is 4.99 Å². The Bertz CT molecular complexity index is 1110. The number of aromatic hydroxyl groups is 1. The maximum absolute atomic E-state index is 12.3. The Morgan fingerprint density at radius 1 is 1.04 bits per heavy atom. The molecule has 0 saturated heterocycles. The number of amides is 1. The van der Waals surface area contributed by atoms with Gasteiger partial charge in [0.15, 0.2) is 3.95 Å². The molecule has 0 fully saturated rings. The van der Waals surface area contributed by atoms with Crippen LogP contribution in [0.15, 0.2) is 59.6 Å². The molecule has 1 aromatic heterocycles. The van der Waals surface area contributed by atoms with Crippen molar-refractivity contribution in [2.45, 2.75) is 0 Å². The van der Waals surface area contributed by atoms with E-state index in [-0.39, 0.29) is 11.8 Å². The Hall–Kier alpha value is -2.57. The van der Waals surface area contributed by atoms with E-state index in [9.17, 15) is 9.90 Å². The van der Waals surface area contributed by atoms with Crippen molar-refractivity contribution in [1.82, 2.24) is 4.57 Å². The van der Waals surface area contributed by atoms with Gasteiger partial charge in [0.25, 0.3) is 5.91 Å². The second-order valence-corrected chi connectivity index (χ2v) is 6.64. The summed E-state index contributed by atoms with van der Waals surface area (Å²) in [7, 11) is 0. The highest BCUT2D eigenvalue weighted by Gasteiger charge is 2.25. The predicted molar refractivity (Wildman–Crippen MR) is 90.9 cm³/mol. The van der Waals surface area contributed by atoms with Crippen LogP contribution < -0.4 is 10.6 Å². The van der Waals surface area contributed by atoms with E-state index in [1.807, 2.05) is 48.5 Å². The van der Waals surface area contributed by atoms with Crippen molar-refractivity contribution < 1.29 is 9.90 Å². The Kier molecular flexibility index (Phi) is 3.21. The first kappa shape index (κ1) is 14.0. The number of aromatic nitrogens is 1. The lowest BCUT2D eigenvalue weighted by Gasteiger charge is -2.04. The van der Waals surface area contributed by atoms with E-state index >= 15 is 0 Å². The third-order valence-electron chi connectivity index (χ3n) is 3.64. The van der Waals surface area contributed by atoms with Crippen molar-refractivity contribution in [2.24, 2.45) is 4.99 Å². The number of para-hydroxylation sites is 2. The zero-order chi connectivity index (χ0) is 16.0. The maximum Gasteiger partial charge on any atom is 0.279 e. The van der Waals surface area contributed by atoms with Crippen LogP contribution in [0.3, 0.4) is 0 Å². The Balaban J connectivity index is 2.03. The number of hydrogen-bond acceptors (Lipinski definition) is 4. The fourth-order valence-electron chi connectivity index (χ4n) is 2.62. The van der Waals surface area contributed by atoms with E-state index in [2.05, 4.69) is 4.99 Å². The molecule has 0 unspecified atom stereocenters. The average molecular weight is 338 g/mol. The molecular weight excluding hydrogens is 328 g/mol. The van der Waals surface area contributed by atoms with E-state index < -0.39 is 0 Å². The second-order valence-electron chi connectivity index (χ2n) is 5.00. The van der Waals surface area contributed by atoms with Gasteiger partial charge in [-0.1, -0.05) is 36.4 Å². The van der Waals surface area contributed by atoms with E-state index in [1.165, 1.54) is 11.3 Å². The van der Waals surface area contributed by atoms with Gasteiger partial charge < -0.3 is 5.11 Å². The zero-order valence-corrected chi connectivity index (χ0v) is 13.4. The normalized spacial score (nSPS) is 13.0. The Labute approximate surface area is 140 Å². The lowest BCUT2D eigenvalue weighted by molar-refractivity contribution is -0.112. The van der Waals surface area contributed by atoms with Gasteiger partial charge in [-0.3, -0.25) is 9.36 Å². The summed E-state index contributed by atoms with van der Waals surface area (Å²) in [6.45, 7) is 0. The summed E-state index contributed by atoms with van der Waals surface area (Å²) in [4.78, 5) is 16.8. The summed E-state index contributed by atoms with van der Waals surface area (Å²) >= 11 is 6.59. The van der Waals surface area contributed by atoms with Crippen LogP contribution in [0.4, 0.5) is 0 Å². The summed E-state index contributed by atoms with van der Waals surface area (Å²) in [6.07, 6.45) is 0. The summed E-state index contributed by atoms with van der Waals surface area (Å²) in [6, 6.07) is 16.6. The fourth-order valence-corrected chi connectivity index (χ4v) is 4.00. The molecule has 0 spiro atoms. The van der Waals surface area contributed by atoms with Crippen molar-refractivity contribution in [3.05, 3.63) is 74.0 Å². The number of carbonyl (C=O) groups is 1. The SMILES string of the molecule is O=C1N=c2ccccc2=C1c1sc(=S)n(-c2ccccc2)c1O. The van der Waals surface area contributed by atoms with Crippen LogP contribution in [0, 0.1) is 3.95 Å².